The van der Waals surface area contributed by atoms with E-state index in [4.69, 9.17) is 5.11 Å². The molecule has 1 aromatic rings. The topological polar surface area (TPSA) is 77.8 Å². The van der Waals surface area contributed by atoms with Crippen LogP contribution in [0.15, 0.2) is 33.2 Å². The van der Waals surface area contributed by atoms with E-state index in [1.165, 1.54) is 6.08 Å². The Morgan fingerprint density at radius 2 is 2.06 bits per heavy atom. The molecule has 3 N–H and O–H groups in total. The molecular weight excluding hydrogens is 356 g/mol. The minimum atomic E-state index is -1.07. The Labute approximate surface area is 115 Å². The first-order valence-electron chi connectivity index (χ1n) is 4.67. The molecule has 0 aliphatic rings. The summed E-state index contributed by atoms with van der Waals surface area (Å²) in [7, 11) is 0. The van der Waals surface area contributed by atoms with E-state index < -0.39 is 12.1 Å². The number of aromatic hydroxyl groups is 1. The summed E-state index contributed by atoms with van der Waals surface area (Å²) in [6, 6.07) is 3.23. The maximum absolute atomic E-state index is 10.3. The Bertz CT molecular complexity index is 457. The summed E-state index contributed by atoms with van der Waals surface area (Å²) in [4.78, 5) is 10.3. The summed E-state index contributed by atoms with van der Waals surface area (Å²) in [5, 5.41) is 28.0. The molecule has 0 saturated carbocycles. The van der Waals surface area contributed by atoms with Crippen molar-refractivity contribution in [1.29, 1.82) is 0 Å². The predicted octanol–water partition coefficient (Wildman–Crippen LogP) is 2.98. The summed E-state index contributed by atoms with van der Waals surface area (Å²) in [6.07, 6.45) is 1.44. The van der Waals surface area contributed by atoms with Gasteiger partial charge >= 0.3 is 5.97 Å². The second kappa shape index (κ2) is 6.18. The average Bonchev–Trinajstić information content (AvgIpc) is 2.22. The Kier molecular flexibility index (Phi) is 5.17. The molecule has 0 bridgehead atoms. The molecule has 0 aromatic heterocycles. The van der Waals surface area contributed by atoms with Crippen LogP contribution < -0.4 is 0 Å². The SMILES string of the molecule is O=C(O)/C=C/C[C@@H](O)c1cc(Br)cc(Br)c1O. The standard InChI is InChI=1S/C11H10Br2O4/c12-6-4-7(11(17)8(13)5-6)9(14)2-1-3-10(15)16/h1,3-5,9,14,17H,2H2,(H,15,16)/b3-1+/t9-/m1/s1. The van der Waals surface area contributed by atoms with Crippen molar-refractivity contribution < 1.29 is 20.1 Å². The van der Waals surface area contributed by atoms with Gasteiger partial charge in [-0.2, -0.15) is 0 Å². The van der Waals surface area contributed by atoms with Gasteiger partial charge in [-0.1, -0.05) is 22.0 Å². The van der Waals surface area contributed by atoms with Gasteiger partial charge in [-0.3, -0.25) is 0 Å². The summed E-state index contributed by atoms with van der Waals surface area (Å²) in [6.45, 7) is 0. The Morgan fingerprint density at radius 3 is 2.65 bits per heavy atom. The third kappa shape index (κ3) is 4.14. The lowest BCUT2D eigenvalue weighted by molar-refractivity contribution is -0.131. The molecule has 0 unspecified atom stereocenters. The fraction of sp³-hybridized carbons (Fsp3) is 0.182. The highest BCUT2D eigenvalue weighted by Crippen LogP contribution is 2.36. The third-order valence-electron chi connectivity index (χ3n) is 2.04. The highest BCUT2D eigenvalue weighted by Gasteiger charge is 2.14. The van der Waals surface area contributed by atoms with E-state index in [9.17, 15) is 15.0 Å². The molecule has 1 rings (SSSR count). The largest absolute Gasteiger partial charge is 0.506 e. The molecule has 0 radical (unpaired) electrons. The first-order valence-corrected chi connectivity index (χ1v) is 6.26. The maximum Gasteiger partial charge on any atom is 0.327 e. The van der Waals surface area contributed by atoms with E-state index in [2.05, 4.69) is 31.9 Å². The minimum absolute atomic E-state index is 0.0515. The normalized spacial score (nSPS) is 12.9. The van der Waals surface area contributed by atoms with Crippen LogP contribution >= 0.6 is 31.9 Å². The van der Waals surface area contributed by atoms with Gasteiger partial charge in [-0.15, -0.1) is 0 Å². The first-order chi connectivity index (χ1) is 7.91. The number of aliphatic hydroxyl groups is 1. The van der Waals surface area contributed by atoms with Gasteiger partial charge in [-0.25, -0.2) is 4.79 Å². The van der Waals surface area contributed by atoms with Crippen molar-refractivity contribution in [2.45, 2.75) is 12.5 Å². The van der Waals surface area contributed by atoms with Crippen LogP contribution in [-0.4, -0.2) is 21.3 Å². The van der Waals surface area contributed by atoms with Crippen molar-refractivity contribution in [3.05, 3.63) is 38.8 Å². The molecule has 0 aliphatic heterocycles. The summed E-state index contributed by atoms with van der Waals surface area (Å²) in [5.41, 5.74) is 0.335. The monoisotopic (exact) mass is 364 g/mol. The fourth-order valence-electron chi connectivity index (χ4n) is 1.26. The van der Waals surface area contributed by atoms with Crippen molar-refractivity contribution in [2.24, 2.45) is 0 Å². The molecule has 1 aromatic carbocycles. The fourth-order valence-corrected chi connectivity index (χ4v) is 2.52. The van der Waals surface area contributed by atoms with Gasteiger partial charge in [0, 0.05) is 16.1 Å². The molecule has 6 heteroatoms. The lowest BCUT2D eigenvalue weighted by Crippen LogP contribution is -1.97. The number of benzene rings is 1. The number of aliphatic carboxylic acids is 1. The molecule has 0 spiro atoms. The molecule has 0 fully saturated rings. The van der Waals surface area contributed by atoms with E-state index in [-0.39, 0.29) is 12.2 Å². The highest BCUT2D eigenvalue weighted by molar-refractivity contribution is 9.11. The number of hydrogen-bond donors (Lipinski definition) is 3. The van der Waals surface area contributed by atoms with Crippen molar-refractivity contribution in [3.8, 4) is 5.75 Å². The van der Waals surface area contributed by atoms with Crippen LogP contribution in [0.3, 0.4) is 0 Å². The van der Waals surface area contributed by atoms with Crippen LogP contribution in [0.4, 0.5) is 0 Å². The van der Waals surface area contributed by atoms with Gasteiger partial charge in [-0.05, 0) is 34.5 Å². The van der Waals surface area contributed by atoms with Crippen LogP contribution in [0.25, 0.3) is 0 Å². The Balaban J connectivity index is 2.88. The van der Waals surface area contributed by atoms with Crippen LogP contribution in [0, 0.1) is 0 Å². The minimum Gasteiger partial charge on any atom is -0.506 e. The van der Waals surface area contributed by atoms with Crippen LogP contribution in [0.5, 0.6) is 5.75 Å². The average molecular weight is 366 g/mol. The van der Waals surface area contributed by atoms with E-state index >= 15 is 0 Å². The Morgan fingerprint density at radius 1 is 1.41 bits per heavy atom. The van der Waals surface area contributed by atoms with Crippen molar-refractivity contribution >= 4 is 37.8 Å². The number of carboxylic acid groups (broad SMARTS) is 1. The highest BCUT2D eigenvalue weighted by atomic mass is 79.9. The van der Waals surface area contributed by atoms with E-state index in [0.29, 0.717) is 14.5 Å². The van der Waals surface area contributed by atoms with Gasteiger partial charge in [0.2, 0.25) is 0 Å². The molecule has 92 valence electrons. The molecule has 1 atom stereocenters. The zero-order valence-corrected chi connectivity index (χ0v) is 11.8. The Hall–Kier alpha value is -0.850. The van der Waals surface area contributed by atoms with Gasteiger partial charge in [0.15, 0.2) is 0 Å². The van der Waals surface area contributed by atoms with E-state index in [1.807, 2.05) is 0 Å². The zero-order valence-electron chi connectivity index (χ0n) is 8.60. The second-order valence-electron chi connectivity index (χ2n) is 3.32. The second-order valence-corrected chi connectivity index (χ2v) is 5.09. The number of carbonyl (C=O) groups is 1. The van der Waals surface area contributed by atoms with Crippen LogP contribution in [0.2, 0.25) is 0 Å². The van der Waals surface area contributed by atoms with E-state index in [1.54, 1.807) is 12.1 Å². The van der Waals surface area contributed by atoms with E-state index in [0.717, 1.165) is 6.08 Å². The smallest absolute Gasteiger partial charge is 0.327 e. The van der Waals surface area contributed by atoms with Crippen molar-refractivity contribution in [2.75, 3.05) is 0 Å². The van der Waals surface area contributed by atoms with Crippen LogP contribution in [0.1, 0.15) is 18.1 Å². The molecule has 4 nitrogen and oxygen atoms in total. The summed E-state index contributed by atoms with van der Waals surface area (Å²) < 4.78 is 1.17. The number of carboxylic acids is 1. The number of phenolic OH excluding ortho intramolecular Hbond substituents is 1. The third-order valence-corrected chi connectivity index (χ3v) is 3.10. The molecule has 0 heterocycles. The van der Waals surface area contributed by atoms with Gasteiger partial charge in [0.25, 0.3) is 0 Å². The number of hydrogen-bond acceptors (Lipinski definition) is 3. The number of aliphatic hydroxyl groups excluding tert-OH is 1. The molecule has 0 saturated heterocycles. The number of phenols is 1. The summed E-state index contributed by atoms with van der Waals surface area (Å²) in [5.74, 6) is -1.12. The van der Waals surface area contributed by atoms with Gasteiger partial charge < -0.3 is 15.3 Å². The molecule has 0 amide bonds. The van der Waals surface area contributed by atoms with Gasteiger partial charge in [0.1, 0.15) is 5.75 Å². The molecule has 0 aliphatic carbocycles. The first kappa shape index (κ1) is 14.2. The van der Waals surface area contributed by atoms with Gasteiger partial charge in [0.05, 0.1) is 10.6 Å². The lowest BCUT2D eigenvalue weighted by Gasteiger charge is -2.12. The quantitative estimate of drug-likeness (QED) is 0.717. The molecular formula is C11H10Br2O4. The van der Waals surface area contributed by atoms with Crippen molar-refractivity contribution in [1.82, 2.24) is 0 Å². The molecule has 17 heavy (non-hydrogen) atoms. The lowest BCUT2D eigenvalue weighted by atomic mass is 10.1. The predicted molar refractivity (Wildman–Crippen MR) is 69.9 cm³/mol. The summed E-state index contributed by atoms with van der Waals surface area (Å²) >= 11 is 6.40. The number of halogens is 2. The maximum atomic E-state index is 10.3. The van der Waals surface area contributed by atoms with Crippen LogP contribution in [-0.2, 0) is 4.79 Å². The number of rotatable bonds is 4. The van der Waals surface area contributed by atoms with Crippen molar-refractivity contribution in [3.63, 3.8) is 0 Å². The zero-order chi connectivity index (χ0) is 13.0.